The Bertz CT molecular complexity index is 688. The van der Waals surface area contributed by atoms with E-state index in [-0.39, 0.29) is 22.1 Å². The Hall–Kier alpha value is -2.55. The maximum Gasteiger partial charge on any atom is 0.413 e. The number of aromatic nitrogens is 1. The first kappa shape index (κ1) is 13.9. The first-order chi connectivity index (χ1) is 9.40. The summed E-state index contributed by atoms with van der Waals surface area (Å²) in [5.41, 5.74) is -0.123. The van der Waals surface area contributed by atoms with Crippen molar-refractivity contribution in [1.29, 1.82) is 0 Å². The Labute approximate surface area is 116 Å². The maximum absolute atomic E-state index is 13.2. The van der Waals surface area contributed by atoms with Crippen molar-refractivity contribution in [1.82, 2.24) is 4.98 Å². The molecule has 0 saturated heterocycles. The highest BCUT2D eigenvalue weighted by molar-refractivity contribution is 7.14. The van der Waals surface area contributed by atoms with E-state index in [1.807, 2.05) is 0 Å². The number of carbonyl (C=O) groups is 1. The van der Waals surface area contributed by atoms with Crippen molar-refractivity contribution < 1.29 is 19.2 Å². The van der Waals surface area contributed by atoms with Gasteiger partial charge in [-0.1, -0.05) is 0 Å². The fourth-order valence-corrected chi connectivity index (χ4v) is 2.28. The van der Waals surface area contributed by atoms with Gasteiger partial charge in [0.1, 0.15) is 5.82 Å². The summed E-state index contributed by atoms with van der Waals surface area (Å²) in [6.07, 6.45) is -1.21. The van der Waals surface area contributed by atoms with Crippen molar-refractivity contribution >= 4 is 28.2 Å². The van der Waals surface area contributed by atoms with E-state index < -0.39 is 16.8 Å². The molecular formula is C11H8FN3O4S. The van der Waals surface area contributed by atoms with E-state index in [0.717, 1.165) is 34.4 Å². The number of nitro benzene ring substituents is 1. The average molecular weight is 297 g/mol. The highest BCUT2D eigenvalue weighted by atomic mass is 32.1. The zero-order valence-electron chi connectivity index (χ0n) is 10.1. The van der Waals surface area contributed by atoms with Crippen LogP contribution in [-0.4, -0.2) is 28.2 Å². The Morgan fingerprint density at radius 1 is 1.55 bits per heavy atom. The summed E-state index contributed by atoms with van der Waals surface area (Å²) in [6.45, 7) is 0. The van der Waals surface area contributed by atoms with Crippen molar-refractivity contribution in [2.24, 2.45) is 0 Å². The molecule has 0 saturated carbocycles. The zero-order chi connectivity index (χ0) is 14.9. The summed E-state index contributed by atoms with van der Waals surface area (Å²) in [4.78, 5) is 25.9. The predicted molar refractivity (Wildman–Crippen MR) is 70.6 cm³/mol. The Morgan fingerprint density at radius 3 is 2.85 bits per heavy atom. The lowest BCUT2D eigenvalue weighted by Gasteiger charge is -2.07. The number of anilines is 1. The highest BCUT2D eigenvalue weighted by Crippen LogP contribution is 2.33. The van der Waals surface area contributed by atoms with Crippen molar-refractivity contribution in [3.8, 4) is 11.3 Å². The summed E-state index contributed by atoms with van der Waals surface area (Å²) in [6, 6.07) is 3.03. The molecular weight excluding hydrogens is 289 g/mol. The number of benzene rings is 1. The third kappa shape index (κ3) is 2.57. The van der Waals surface area contributed by atoms with E-state index in [1.54, 1.807) is 0 Å². The minimum atomic E-state index is -1.21. The number of nitrogens with zero attached hydrogens (tertiary/aromatic N) is 3. The molecule has 0 fully saturated rings. The number of hydrogen-bond acceptors (Lipinski definition) is 5. The van der Waals surface area contributed by atoms with Crippen LogP contribution in [0.2, 0.25) is 0 Å². The van der Waals surface area contributed by atoms with Gasteiger partial charge in [-0.05, 0) is 12.1 Å². The molecule has 0 aliphatic carbocycles. The van der Waals surface area contributed by atoms with Gasteiger partial charge in [0.2, 0.25) is 0 Å². The fourth-order valence-electron chi connectivity index (χ4n) is 1.50. The zero-order valence-corrected chi connectivity index (χ0v) is 10.9. The van der Waals surface area contributed by atoms with E-state index in [1.165, 1.54) is 12.4 Å². The van der Waals surface area contributed by atoms with Crippen molar-refractivity contribution in [2.75, 3.05) is 11.9 Å². The van der Waals surface area contributed by atoms with Gasteiger partial charge in [-0.3, -0.25) is 15.0 Å². The molecule has 0 radical (unpaired) electrons. The Morgan fingerprint density at radius 2 is 2.25 bits per heavy atom. The molecule has 0 aliphatic rings. The molecule has 1 amide bonds. The monoisotopic (exact) mass is 297 g/mol. The van der Waals surface area contributed by atoms with Crippen LogP contribution in [0.5, 0.6) is 0 Å². The topological polar surface area (TPSA) is 96.6 Å². The third-order valence-electron chi connectivity index (χ3n) is 2.50. The molecule has 1 N–H and O–H groups in total. The van der Waals surface area contributed by atoms with Crippen LogP contribution in [0, 0.1) is 15.9 Å². The fraction of sp³-hybridized carbons (Fsp3) is 0.0909. The summed E-state index contributed by atoms with van der Waals surface area (Å²) in [5.74, 6) is -0.633. The number of thiazole rings is 1. The van der Waals surface area contributed by atoms with Crippen molar-refractivity contribution in [2.45, 2.75) is 0 Å². The number of hydrogen-bond donors (Lipinski definition) is 1. The van der Waals surface area contributed by atoms with Crippen LogP contribution in [0.25, 0.3) is 11.3 Å². The third-order valence-corrected chi connectivity index (χ3v) is 3.41. The Balaban J connectivity index is 2.49. The van der Waals surface area contributed by atoms with E-state index in [9.17, 15) is 19.3 Å². The van der Waals surface area contributed by atoms with Gasteiger partial charge in [0.25, 0.3) is 5.69 Å². The number of halogens is 1. The number of carboxylic acid groups (broad SMARTS) is 1. The molecule has 9 heteroatoms. The normalized spacial score (nSPS) is 10.3. The molecule has 0 aliphatic heterocycles. The van der Waals surface area contributed by atoms with Crippen LogP contribution in [0.3, 0.4) is 0 Å². The van der Waals surface area contributed by atoms with Crippen molar-refractivity contribution in [3.05, 3.63) is 39.5 Å². The van der Waals surface area contributed by atoms with Gasteiger partial charge >= 0.3 is 6.09 Å². The summed E-state index contributed by atoms with van der Waals surface area (Å²) in [5, 5.41) is 21.3. The van der Waals surface area contributed by atoms with Gasteiger partial charge in [0, 0.05) is 18.5 Å². The van der Waals surface area contributed by atoms with Gasteiger partial charge in [0.05, 0.1) is 16.2 Å². The van der Waals surface area contributed by atoms with Crippen LogP contribution < -0.4 is 4.90 Å². The summed E-state index contributed by atoms with van der Waals surface area (Å²) in [7, 11) is 1.30. The minimum absolute atomic E-state index is 0.0105. The smallest absolute Gasteiger partial charge is 0.413 e. The average Bonchev–Trinajstić information content (AvgIpc) is 2.86. The molecule has 1 heterocycles. The molecule has 2 aromatic rings. The molecule has 0 atom stereocenters. The highest BCUT2D eigenvalue weighted by Gasteiger charge is 2.20. The van der Waals surface area contributed by atoms with E-state index in [2.05, 4.69) is 4.98 Å². The van der Waals surface area contributed by atoms with Gasteiger partial charge in [0.15, 0.2) is 5.13 Å². The predicted octanol–water partition coefficient (Wildman–Crippen LogP) is 2.97. The molecule has 104 valence electrons. The van der Waals surface area contributed by atoms with Crippen LogP contribution in [0.1, 0.15) is 0 Å². The second-order valence-electron chi connectivity index (χ2n) is 3.78. The van der Waals surface area contributed by atoms with Gasteiger partial charge in [-0.25, -0.2) is 14.2 Å². The van der Waals surface area contributed by atoms with Crippen LogP contribution >= 0.6 is 11.3 Å². The lowest BCUT2D eigenvalue weighted by atomic mass is 10.1. The molecule has 1 aromatic carbocycles. The Kier molecular flexibility index (Phi) is 3.61. The van der Waals surface area contributed by atoms with Crippen LogP contribution in [-0.2, 0) is 0 Å². The first-order valence-corrected chi connectivity index (χ1v) is 6.14. The van der Waals surface area contributed by atoms with Crippen LogP contribution in [0.15, 0.2) is 23.6 Å². The van der Waals surface area contributed by atoms with E-state index >= 15 is 0 Å². The molecule has 20 heavy (non-hydrogen) atoms. The second kappa shape index (κ2) is 5.21. The standard InChI is InChI=1S/C11H8FN3O4S/c1-14(11(16)17)10-13-8(5-20-10)7-4-6(12)2-3-9(7)15(18)19/h2-5H,1H3,(H,16,17). The molecule has 2 rings (SSSR count). The molecule has 0 bridgehead atoms. The molecule has 0 spiro atoms. The van der Waals surface area contributed by atoms with Gasteiger partial charge in [-0.15, -0.1) is 11.3 Å². The molecule has 0 unspecified atom stereocenters. The first-order valence-electron chi connectivity index (χ1n) is 5.26. The minimum Gasteiger partial charge on any atom is -0.465 e. The quantitative estimate of drug-likeness (QED) is 0.694. The molecule has 1 aromatic heterocycles. The maximum atomic E-state index is 13.2. The van der Waals surface area contributed by atoms with Crippen LogP contribution in [0.4, 0.5) is 20.0 Å². The second-order valence-corrected chi connectivity index (χ2v) is 4.61. The van der Waals surface area contributed by atoms with Crippen molar-refractivity contribution in [3.63, 3.8) is 0 Å². The largest absolute Gasteiger partial charge is 0.465 e. The lowest BCUT2D eigenvalue weighted by molar-refractivity contribution is -0.384. The lowest BCUT2D eigenvalue weighted by Crippen LogP contribution is -2.23. The van der Waals surface area contributed by atoms with E-state index in [0.29, 0.717) is 0 Å². The van der Waals surface area contributed by atoms with Gasteiger partial charge in [-0.2, -0.15) is 0 Å². The SMILES string of the molecule is CN(C(=O)O)c1nc(-c2cc(F)ccc2[N+](=O)[O-])cs1. The number of nitro groups is 1. The number of amides is 1. The summed E-state index contributed by atoms with van der Waals surface area (Å²) >= 11 is 0.996. The van der Waals surface area contributed by atoms with Gasteiger partial charge < -0.3 is 5.11 Å². The molecule has 7 nitrogen and oxygen atoms in total. The van der Waals surface area contributed by atoms with E-state index in [4.69, 9.17) is 5.11 Å². The summed E-state index contributed by atoms with van der Waals surface area (Å²) < 4.78 is 13.2. The number of rotatable bonds is 3.